The summed E-state index contributed by atoms with van der Waals surface area (Å²) in [6.07, 6.45) is 0. The van der Waals surface area contributed by atoms with Gasteiger partial charge in [0.2, 0.25) is 0 Å². The fraction of sp³-hybridized carbons (Fsp3) is 0.333. The second-order valence-electron chi connectivity index (χ2n) is 7.26. The number of hydrogen-bond donors (Lipinski definition) is 3. The average molecular weight is 406 g/mol. The van der Waals surface area contributed by atoms with Crippen LogP contribution in [0.3, 0.4) is 0 Å². The molecule has 3 rings (SSSR count). The minimum absolute atomic E-state index is 0.0133. The van der Waals surface area contributed by atoms with Crippen LogP contribution in [0.5, 0.6) is 0 Å². The lowest BCUT2D eigenvalue weighted by molar-refractivity contribution is 0.265. The smallest absolute Gasteiger partial charge is 0.191 e. The van der Waals surface area contributed by atoms with Gasteiger partial charge >= 0.3 is 0 Å². The first-order chi connectivity index (χ1) is 14.6. The second-order valence-corrected chi connectivity index (χ2v) is 7.26. The molecular formula is C24H31N5O. The van der Waals surface area contributed by atoms with Crippen molar-refractivity contribution < 1.29 is 5.11 Å². The molecule has 0 fully saturated rings. The number of hydrogen-bond acceptors (Lipinski definition) is 3. The third-order valence-corrected chi connectivity index (χ3v) is 5.19. The normalized spacial score (nSPS) is 12.6. The summed E-state index contributed by atoms with van der Waals surface area (Å²) < 4.78 is 1.97. The van der Waals surface area contributed by atoms with E-state index < -0.39 is 0 Å². The van der Waals surface area contributed by atoms with Gasteiger partial charge in [-0.2, -0.15) is 5.10 Å². The van der Waals surface area contributed by atoms with Gasteiger partial charge in [0.1, 0.15) is 0 Å². The van der Waals surface area contributed by atoms with Crippen molar-refractivity contribution in [3.8, 4) is 5.69 Å². The maximum atomic E-state index is 9.80. The van der Waals surface area contributed by atoms with E-state index >= 15 is 0 Å². The maximum absolute atomic E-state index is 9.80. The van der Waals surface area contributed by atoms with E-state index in [0.29, 0.717) is 13.1 Å². The van der Waals surface area contributed by atoms with Crippen molar-refractivity contribution in [1.29, 1.82) is 0 Å². The Balaban J connectivity index is 1.73. The molecule has 3 N–H and O–H groups in total. The van der Waals surface area contributed by atoms with Gasteiger partial charge in [-0.1, -0.05) is 48.5 Å². The van der Waals surface area contributed by atoms with Gasteiger partial charge in [-0.25, -0.2) is 9.67 Å². The number of nitrogens with zero attached hydrogens (tertiary/aromatic N) is 3. The molecule has 1 atom stereocenters. The van der Waals surface area contributed by atoms with E-state index in [-0.39, 0.29) is 12.5 Å². The second kappa shape index (κ2) is 10.6. The first kappa shape index (κ1) is 21.6. The van der Waals surface area contributed by atoms with Crippen LogP contribution < -0.4 is 10.6 Å². The third kappa shape index (κ3) is 5.27. The van der Waals surface area contributed by atoms with Crippen molar-refractivity contribution in [2.24, 2.45) is 4.99 Å². The van der Waals surface area contributed by atoms with E-state index in [1.807, 2.05) is 67.1 Å². The van der Waals surface area contributed by atoms with Gasteiger partial charge in [-0.05, 0) is 38.5 Å². The number of guanidine groups is 1. The fourth-order valence-electron chi connectivity index (χ4n) is 3.46. The highest BCUT2D eigenvalue weighted by Crippen LogP contribution is 2.19. The fourth-order valence-corrected chi connectivity index (χ4v) is 3.46. The molecule has 2 aromatic carbocycles. The van der Waals surface area contributed by atoms with Crippen LogP contribution in [0.25, 0.3) is 5.69 Å². The predicted octanol–water partition coefficient (Wildman–Crippen LogP) is 3.32. The molecule has 0 saturated carbocycles. The quantitative estimate of drug-likeness (QED) is 0.397. The minimum atomic E-state index is 0.0133. The number of aliphatic imine (C=N–C) groups is 1. The lowest BCUT2D eigenvalue weighted by atomic mass is 10.0. The van der Waals surface area contributed by atoms with Crippen LogP contribution in [0.15, 0.2) is 65.7 Å². The summed E-state index contributed by atoms with van der Waals surface area (Å²) in [7, 11) is 0. The summed E-state index contributed by atoms with van der Waals surface area (Å²) in [6.45, 7) is 8.13. The Labute approximate surface area is 178 Å². The average Bonchev–Trinajstić information content (AvgIpc) is 3.07. The summed E-state index contributed by atoms with van der Waals surface area (Å²) in [4.78, 5) is 4.77. The van der Waals surface area contributed by atoms with E-state index in [2.05, 4.69) is 29.7 Å². The topological polar surface area (TPSA) is 74.5 Å². The number of aliphatic hydroxyl groups is 1. The number of aromatic nitrogens is 2. The molecular weight excluding hydrogens is 374 g/mol. The minimum Gasteiger partial charge on any atom is -0.396 e. The zero-order valence-corrected chi connectivity index (χ0v) is 18.0. The van der Waals surface area contributed by atoms with Gasteiger partial charge in [0.15, 0.2) is 5.96 Å². The molecule has 0 aliphatic carbocycles. The van der Waals surface area contributed by atoms with E-state index in [4.69, 9.17) is 10.1 Å². The zero-order valence-electron chi connectivity index (χ0n) is 18.0. The Kier molecular flexibility index (Phi) is 7.63. The SMILES string of the molecule is CCNC(=NCc1c(C)nn(-c2ccccc2)c1C)NCC(CO)c1ccccc1. The van der Waals surface area contributed by atoms with Crippen molar-refractivity contribution >= 4 is 5.96 Å². The number of benzene rings is 2. The molecule has 1 aromatic heterocycles. The molecule has 0 spiro atoms. The van der Waals surface area contributed by atoms with E-state index in [1.165, 1.54) is 0 Å². The third-order valence-electron chi connectivity index (χ3n) is 5.19. The van der Waals surface area contributed by atoms with Gasteiger partial charge < -0.3 is 15.7 Å². The molecule has 158 valence electrons. The number of aliphatic hydroxyl groups excluding tert-OH is 1. The van der Waals surface area contributed by atoms with Crippen LogP contribution in [0.1, 0.15) is 35.4 Å². The molecule has 0 radical (unpaired) electrons. The van der Waals surface area contributed by atoms with E-state index in [0.717, 1.165) is 40.7 Å². The molecule has 0 saturated heterocycles. The molecule has 6 nitrogen and oxygen atoms in total. The summed E-state index contributed by atoms with van der Waals surface area (Å²) in [6, 6.07) is 20.2. The zero-order chi connectivity index (χ0) is 21.3. The van der Waals surface area contributed by atoms with Crippen LogP contribution in [0.4, 0.5) is 0 Å². The van der Waals surface area contributed by atoms with Crippen molar-refractivity contribution in [1.82, 2.24) is 20.4 Å². The molecule has 3 aromatic rings. The monoisotopic (exact) mass is 405 g/mol. The van der Waals surface area contributed by atoms with Gasteiger partial charge in [0.25, 0.3) is 0 Å². The summed E-state index contributed by atoms with van der Waals surface area (Å²) in [5.41, 5.74) is 5.35. The lowest BCUT2D eigenvalue weighted by Gasteiger charge is -2.18. The maximum Gasteiger partial charge on any atom is 0.191 e. The highest BCUT2D eigenvalue weighted by Gasteiger charge is 2.14. The van der Waals surface area contributed by atoms with Crippen LogP contribution in [-0.2, 0) is 6.54 Å². The Bertz CT molecular complexity index is 950. The van der Waals surface area contributed by atoms with Crippen molar-refractivity contribution in [2.45, 2.75) is 33.2 Å². The molecule has 1 heterocycles. The van der Waals surface area contributed by atoms with Gasteiger partial charge in [-0.15, -0.1) is 0 Å². The van der Waals surface area contributed by atoms with Crippen molar-refractivity contribution in [3.63, 3.8) is 0 Å². The van der Waals surface area contributed by atoms with Crippen LogP contribution >= 0.6 is 0 Å². The standard InChI is InChI=1S/C24H31N5O/c1-4-25-24(26-15-21(17-30)20-11-7-5-8-12-20)27-16-23-18(2)28-29(19(23)3)22-13-9-6-10-14-22/h5-14,21,30H,4,15-17H2,1-3H3,(H2,25,26,27). The first-order valence-corrected chi connectivity index (χ1v) is 10.4. The molecule has 30 heavy (non-hydrogen) atoms. The lowest BCUT2D eigenvalue weighted by Crippen LogP contribution is -2.40. The highest BCUT2D eigenvalue weighted by atomic mass is 16.3. The summed E-state index contributed by atoms with van der Waals surface area (Å²) >= 11 is 0. The largest absolute Gasteiger partial charge is 0.396 e. The number of nitrogens with one attached hydrogen (secondary N) is 2. The van der Waals surface area contributed by atoms with Crippen molar-refractivity contribution in [3.05, 3.63) is 83.2 Å². The van der Waals surface area contributed by atoms with Crippen molar-refractivity contribution in [2.75, 3.05) is 19.7 Å². The predicted molar refractivity (Wildman–Crippen MR) is 122 cm³/mol. The Morgan fingerprint density at radius 3 is 2.33 bits per heavy atom. The Morgan fingerprint density at radius 1 is 1.03 bits per heavy atom. The van der Waals surface area contributed by atoms with Gasteiger partial charge in [0, 0.05) is 30.3 Å². The molecule has 1 unspecified atom stereocenters. The van der Waals surface area contributed by atoms with E-state index in [1.54, 1.807) is 0 Å². The summed E-state index contributed by atoms with van der Waals surface area (Å²) in [5.74, 6) is 0.748. The molecule has 0 aliphatic heterocycles. The Hall–Kier alpha value is -3.12. The first-order valence-electron chi connectivity index (χ1n) is 10.4. The van der Waals surface area contributed by atoms with Crippen LogP contribution in [0, 0.1) is 13.8 Å². The van der Waals surface area contributed by atoms with Gasteiger partial charge in [-0.3, -0.25) is 0 Å². The number of para-hydroxylation sites is 1. The van der Waals surface area contributed by atoms with Gasteiger partial charge in [0.05, 0.1) is 24.5 Å². The molecule has 0 amide bonds. The molecule has 0 bridgehead atoms. The highest BCUT2D eigenvalue weighted by molar-refractivity contribution is 5.79. The number of aryl methyl sites for hydroxylation is 1. The Morgan fingerprint density at radius 2 is 1.70 bits per heavy atom. The van der Waals surface area contributed by atoms with E-state index in [9.17, 15) is 5.11 Å². The summed E-state index contributed by atoms with van der Waals surface area (Å²) in [5, 5.41) is 21.2. The number of rotatable bonds is 8. The van der Waals surface area contributed by atoms with Crippen LogP contribution in [0.2, 0.25) is 0 Å². The molecule has 0 aliphatic rings. The van der Waals surface area contributed by atoms with Crippen LogP contribution in [-0.4, -0.2) is 40.5 Å². The molecule has 6 heteroatoms.